The molecule has 0 spiro atoms. The first-order valence-corrected chi connectivity index (χ1v) is 7.52. The molecule has 1 fully saturated rings. The Morgan fingerprint density at radius 2 is 2.35 bits per heavy atom. The number of carboxylic acid groups (broad SMARTS) is 1. The third-order valence-electron chi connectivity index (χ3n) is 3.14. The molecule has 2 atom stereocenters. The molecule has 1 aromatic heterocycles. The number of rotatable bonds is 5. The van der Waals surface area contributed by atoms with Gasteiger partial charge in [0.25, 0.3) is 0 Å². The normalized spacial score (nSPS) is 21.9. The minimum absolute atomic E-state index is 0.109. The third kappa shape index (κ3) is 3.44. The Balaban J connectivity index is 1.77. The number of aliphatic carboxylic acids is 1. The molecule has 7 nitrogen and oxygen atoms in total. The van der Waals surface area contributed by atoms with E-state index in [-0.39, 0.29) is 11.4 Å². The molecule has 2 rings (SSSR count). The molecule has 1 aliphatic rings. The maximum Gasteiger partial charge on any atom is 0.327 e. The van der Waals surface area contributed by atoms with Crippen LogP contribution in [0.15, 0.2) is 18.5 Å². The SMILES string of the molecule is CC1SCC(C(=O)O)N1C(=O)NCCCn1cccn1. The molecular formula is C12H18N4O3S. The molecule has 2 unspecified atom stereocenters. The molecule has 20 heavy (non-hydrogen) atoms. The van der Waals surface area contributed by atoms with Crippen molar-refractivity contribution >= 4 is 23.8 Å². The first kappa shape index (κ1) is 14.7. The van der Waals surface area contributed by atoms with E-state index in [0.717, 1.165) is 13.0 Å². The van der Waals surface area contributed by atoms with Crippen LogP contribution in [0.4, 0.5) is 4.79 Å². The molecule has 8 heteroatoms. The van der Waals surface area contributed by atoms with Gasteiger partial charge in [-0.05, 0) is 19.4 Å². The maximum absolute atomic E-state index is 12.0. The molecule has 0 aromatic carbocycles. The molecule has 0 radical (unpaired) electrons. The van der Waals surface area contributed by atoms with Gasteiger partial charge in [-0.2, -0.15) is 5.10 Å². The van der Waals surface area contributed by atoms with Crippen LogP contribution in [0.5, 0.6) is 0 Å². The Hall–Kier alpha value is -1.70. The van der Waals surface area contributed by atoms with Crippen LogP contribution in [-0.2, 0) is 11.3 Å². The van der Waals surface area contributed by atoms with Crippen molar-refractivity contribution in [2.24, 2.45) is 0 Å². The van der Waals surface area contributed by atoms with Crippen LogP contribution in [0.25, 0.3) is 0 Å². The fraction of sp³-hybridized carbons (Fsp3) is 0.583. The fourth-order valence-electron chi connectivity index (χ4n) is 2.10. The Morgan fingerprint density at radius 1 is 1.55 bits per heavy atom. The van der Waals surface area contributed by atoms with Gasteiger partial charge in [0, 0.05) is 31.2 Å². The van der Waals surface area contributed by atoms with Gasteiger partial charge in [-0.25, -0.2) is 9.59 Å². The number of thioether (sulfide) groups is 1. The van der Waals surface area contributed by atoms with Gasteiger partial charge in [0.05, 0.1) is 5.37 Å². The monoisotopic (exact) mass is 298 g/mol. The summed E-state index contributed by atoms with van der Waals surface area (Å²) in [5.41, 5.74) is 0. The number of carbonyl (C=O) groups is 2. The second kappa shape index (κ2) is 6.65. The number of hydrogen-bond donors (Lipinski definition) is 2. The van der Waals surface area contributed by atoms with Crippen molar-refractivity contribution < 1.29 is 14.7 Å². The summed E-state index contributed by atoms with van der Waals surface area (Å²) in [5.74, 6) is -0.509. The highest BCUT2D eigenvalue weighted by Crippen LogP contribution is 2.28. The van der Waals surface area contributed by atoms with Gasteiger partial charge in [0.1, 0.15) is 6.04 Å². The van der Waals surface area contributed by atoms with Crippen LogP contribution in [0.1, 0.15) is 13.3 Å². The third-order valence-corrected chi connectivity index (χ3v) is 4.36. The zero-order chi connectivity index (χ0) is 14.5. The molecule has 1 aliphatic heterocycles. The number of amides is 2. The molecule has 2 N–H and O–H groups in total. The second-order valence-corrected chi connectivity index (χ2v) is 5.90. The molecule has 0 bridgehead atoms. The summed E-state index contributed by atoms with van der Waals surface area (Å²) in [6, 6.07) is 0.801. The van der Waals surface area contributed by atoms with Crippen molar-refractivity contribution in [2.75, 3.05) is 12.3 Å². The van der Waals surface area contributed by atoms with Gasteiger partial charge in [0.15, 0.2) is 0 Å². The van der Waals surface area contributed by atoms with Gasteiger partial charge >= 0.3 is 12.0 Å². The predicted molar refractivity (Wildman–Crippen MR) is 75.4 cm³/mol. The Labute approximate surface area is 121 Å². The van der Waals surface area contributed by atoms with Crippen LogP contribution < -0.4 is 5.32 Å². The average molecular weight is 298 g/mol. The Morgan fingerprint density at radius 3 is 3.00 bits per heavy atom. The van der Waals surface area contributed by atoms with Gasteiger partial charge in [-0.3, -0.25) is 9.58 Å². The fourth-order valence-corrected chi connectivity index (χ4v) is 3.27. The summed E-state index contributed by atoms with van der Waals surface area (Å²) in [6.45, 7) is 3.07. The number of carbonyl (C=O) groups excluding carboxylic acids is 1. The summed E-state index contributed by atoms with van der Waals surface area (Å²) in [4.78, 5) is 24.6. The maximum atomic E-state index is 12.0. The van der Waals surface area contributed by atoms with E-state index in [2.05, 4.69) is 10.4 Å². The lowest BCUT2D eigenvalue weighted by Gasteiger charge is -2.25. The van der Waals surface area contributed by atoms with Gasteiger partial charge in [-0.15, -0.1) is 11.8 Å². The molecule has 2 amide bonds. The number of carboxylic acids is 1. The van der Waals surface area contributed by atoms with Crippen molar-refractivity contribution in [3.8, 4) is 0 Å². The molecule has 0 aliphatic carbocycles. The summed E-state index contributed by atoms with van der Waals surface area (Å²) >= 11 is 1.48. The smallest absolute Gasteiger partial charge is 0.327 e. The van der Waals surface area contributed by atoms with Crippen LogP contribution in [-0.4, -0.2) is 55.5 Å². The lowest BCUT2D eigenvalue weighted by Crippen LogP contribution is -2.49. The number of nitrogens with one attached hydrogen (secondary N) is 1. The number of hydrogen-bond acceptors (Lipinski definition) is 4. The zero-order valence-corrected chi connectivity index (χ0v) is 12.0. The summed E-state index contributed by atoms with van der Waals surface area (Å²) in [7, 11) is 0. The van der Waals surface area contributed by atoms with E-state index in [1.165, 1.54) is 16.7 Å². The largest absolute Gasteiger partial charge is 0.480 e. The van der Waals surface area contributed by atoms with Gasteiger partial charge in [-0.1, -0.05) is 0 Å². The molecule has 2 heterocycles. The highest BCUT2D eigenvalue weighted by molar-refractivity contribution is 8.00. The van der Waals surface area contributed by atoms with E-state index in [9.17, 15) is 9.59 Å². The topological polar surface area (TPSA) is 87.5 Å². The number of urea groups is 1. The molecular weight excluding hydrogens is 280 g/mol. The summed E-state index contributed by atoms with van der Waals surface area (Å²) in [6.07, 6.45) is 4.32. The average Bonchev–Trinajstić information content (AvgIpc) is 3.03. The number of nitrogens with zero attached hydrogens (tertiary/aromatic N) is 3. The van der Waals surface area contributed by atoms with Crippen molar-refractivity contribution in [1.82, 2.24) is 20.0 Å². The van der Waals surface area contributed by atoms with Crippen molar-refractivity contribution in [2.45, 2.75) is 31.3 Å². The first-order chi connectivity index (χ1) is 9.59. The van der Waals surface area contributed by atoms with Crippen LogP contribution in [0, 0.1) is 0 Å². The highest BCUT2D eigenvalue weighted by Gasteiger charge is 2.39. The zero-order valence-electron chi connectivity index (χ0n) is 11.2. The van der Waals surface area contributed by atoms with E-state index < -0.39 is 12.0 Å². The second-order valence-electron chi connectivity index (χ2n) is 4.55. The minimum Gasteiger partial charge on any atom is -0.480 e. The quantitative estimate of drug-likeness (QED) is 0.786. The Kier molecular flexibility index (Phi) is 4.89. The lowest BCUT2D eigenvalue weighted by atomic mass is 10.3. The van der Waals surface area contributed by atoms with Crippen LogP contribution >= 0.6 is 11.8 Å². The van der Waals surface area contributed by atoms with E-state index >= 15 is 0 Å². The van der Waals surface area contributed by atoms with Gasteiger partial charge in [0.2, 0.25) is 0 Å². The predicted octanol–water partition coefficient (Wildman–Crippen LogP) is 0.831. The van der Waals surface area contributed by atoms with E-state index in [1.54, 1.807) is 10.9 Å². The van der Waals surface area contributed by atoms with E-state index in [4.69, 9.17) is 5.11 Å². The minimum atomic E-state index is -0.950. The molecule has 1 saturated heterocycles. The first-order valence-electron chi connectivity index (χ1n) is 6.47. The van der Waals surface area contributed by atoms with Crippen molar-refractivity contribution in [3.63, 3.8) is 0 Å². The summed E-state index contributed by atoms with van der Waals surface area (Å²) in [5, 5.41) is 15.8. The number of aromatic nitrogens is 2. The van der Waals surface area contributed by atoms with Crippen LogP contribution in [0.2, 0.25) is 0 Å². The van der Waals surface area contributed by atoms with Crippen LogP contribution in [0.3, 0.4) is 0 Å². The molecule has 0 saturated carbocycles. The number of aryl methyl sites for hydroxylation is 1. The van der Waals surface area contributed by atoms with Crippen molar-refractivity contribution in [1.29, 1.82) is 0 Å². The van der Waals surface area contributed by atoms with Crippen molar-refractivity contribution in [3.05, 3.63) is 18.5 Å². The molecule has 110 valence electrons. The van der Waals surface area contributed by atoms with E-state index in [0.29, 0.717) is 12.3 Å². The van der Waals surface area contributed by atoms with Gasteiger partial charge < -0.3 is 10.4 Å². The Bertz CT molecular complexity index is 465. The molecule has 1 aromatic rings. The van der Waals surface area contributed by atoms with E-state index in [1.807, 2.05) is 19.2 Å². The highest BCUT2D eigenvalue weighted by atomic mass is 32.2. The summed E-state index contributed by atoms with van der Waals surface area (Å²) < 4.78 is 1.79. The lowest BCUT2D eigenvalue weighted by molar-refractivity contribution is -0.141. The standard InChI is InChI=1S/C12H18N4O3S/c1-9-16(10(8-20-9)11(17)18)12(19)13-4-2-6-15-7-3-5-14-15/h3,5,7,9-10H,2,4,6,8H2,1H3,(H,13,19)(H,17,18).